The lowest BCUT2D eigenvalue weighted by Crippen LogP contribution is -2.51. The van der Waals surface area contributed by atoms with Gasteiger partial charge in [-0.25, -0.2) is 4.39 Å². The number of rotatable bonds is 8. The number of anilines is 1. The van der Waals surface area contributed by atoms with E-state index >= 15 is 0 Å². The van der Waals surface area contributed by atoms with Crippen LogP contribution in [0.2, 0.25) is 0 Å². The molecule has 1 unspecified atom stereocenters. The third kappa shape index (κ3) is 5.60. The molecule has 30 heavy (non-hydrogen) atoms. The number of halogens is 1. The minimum atomic E-state index is -0.646. The normalized spacial score (nSPS) is 15.6. The summed E-state index contributed by atoms with van der Waals surface area (Å²) in [5, 5.41) is 5.34. The highest BCUT2D eigenvalue weighted by atomic mass is 19.1. The van der Waals surface area contributed by atoms with E-state index in [2.05, 4.69) is 15.5 Å². The zero-order valence-corrected chi connectivity index (χ0v) is 17.3. The van der Waals surface area contributed by atoms with E-state index in [1.165, 1.54) is 6.07 Å². The van der Waals surface area contributed by atoms with Gasteiger partial charge in [-0.05, 0) is 30.7 Å². The third-order valence-corrected chi connectivity index (χ3v) is 5.30. The first-order chi connectivity index (χ1) is 14.6. The second-order valence-electron chi connectivity index (χ2n) is 7.33. The topological polar surface area (TPSA) is 77.8 Å². The summed E-state index contributed by atoms with van der Waals surface area (Å²) in [7, 11) is 0. The van der Waals surface area contributed by atoms with E-state index in [0.29, 0.717) is 38.4 Å². The standard InChI is InChI=1S/C22H29FN4O3/c1-2-3-10-24-21(28)22(29)25-16-19(20-9-6-15-30-20)27-13-11-26(12-14-27)18-8-5-4-7-17(18)23/h4-9,15,19H,2-3,10-14,16H2,1H3,(H,24,28)(H,25,29). The van der Waals surface area contributed by atoms with Crippen LogP contribution in [0.1, 0.15) is 31.6 Å². The molecule has 1 atom stereocenters. The molecule has 1 aliphatic heterocycles. The van der Waals surface area contributed by atoms with Crippen LogP contribution < -0.4 is 15.5 Å². The molecular formula is C22H29FN4O3. The van der Waals surface area contributed by atoms with Crippen molar-refractivity contribution in [2.75, 3.05) is 44.2 Å². The van der Waals surface area contributed by atoms with Gasteiger partial charge in [0.25, 0.3) is 0 Å². The van der Waals surface area contributed by atoms with Crippen LogP contribution in [0.4, 0.5) is 10.1 Å². The van der Waals surface area contributed by atoms with E-state index in [1.807, 2.05) is 24.0 Å². The van der Waals surface area contributed by atoms with Crippen LogP contribution in [0.15, 0.2) is 47.1 Å². The van der Waals surface area contributed by atoms with Gasteiger partial charge in [0.05, 0.1) is 18.0 Å². The number of amides is 2. The van der Waals surface area contributed by atoms with Crippen LogP contribution in [0.5, 0.6) is 0 Å². The molecule has 2 heterocycles. The number of carbonyl (C=O) groups is 2. The third-order valence-electron chi connectivity index (χ3n) is 5.30. The quantitative estimate of drug-likeness (QED) is 0.510. The van der Waals surface area contributed by atoms with Gasteiger partial charge >= 0.3 is 11.8 Å². The van der Waals surface area contributed by atoms with Crippen LogP contribution in [-0.4, -0.2) is 56.0 Å². The molecule has 0 saturated carbocycles. The number of hydrogen-bond donors (Lipinski definition) is 2. The Labute approximate surface area is 176 Å². The number of hydrogen-bond acceptors (Lipinski definition) is 5. The van der Waals surface area contributed by atoms with Crippen molar-refractivity contribution in [1.29, 1.82) is 0 Å². The molecule has 1 saturated heterocycles. The first-order valence-corrected chi connectivity index (χ1v) is 10.4. The molecule has 1 aromatic heterocycles. The Morgan fingerprint density at radius 2 is 1.80 bits per heavy atom. The van der Waals surface area contributed by atoms with Gasteiger partial charge in [-0.1, -0.05) is 25.5 Å². The van der Waals surface area contributed by atoms with Crippen LogP contribution >= 0.6 is 0 Å². The SMILES string of the molecule is CCCCNC(=O)C(=O)NCC(c1ccco1)N1CCN(c2ccccc2F)CC1. The summed E-state index contributed by atoms with van der Waals surface area (Å²) in [5.74, 6) is -0.769. The number of piperazine rings is 1. The fourth-order valence-electron chi connectivity index (χ4n) is 3.60. The van der Waals surface area contributed by atoms with E-state index in [4.69, 9.17) is 4.42 Å². The minimum Gasteiger partial charge on any atom is -0.468 e. The molecule has 1 aromatic carbocycles. The molecular weight excluding hydrogens is 387 g/mol. The molecule has 8 heteroatoms. The van der Waals surface area contributed by atoms with Crippen LogP contribution in [-0.2, 0) is 9.59 Å². The highest BCUT2D eigenvalue weighted by Crippen LogP contribution is 2.25. The number of unbranched alkanes of at least 4 members (excludes halogenated alkanes) is 1. The number of benzene rings is 1. The van der Waals surface area contributed by atoms with E-state index in [0.717, 1.165) is 18.6 Å². The summed E-state index contributed by atoms with van der Waals surface area (Å²) < 4.78 is 19.7. The maximum Gasteiger partial charge on any atom is 0.309 e. The Morgan fingerprint density at radius 3 is 2.47 bits per heavy atom. The van der Waals surface area contributed by atoms with E-state index in [9.17, 15) is 14.0 Å². The Morgan fingerprint density at radius 1 is 1.07 bits per heavy atom. The van der Waals surface area contributed by atoms with E-state index < -0.39 is 11.8 Å². The van der Waals surface area contributed by atoms with Crippen LogP contribution in [0.25, 0.3) is 0 Å². The lowest BCUT2D eigenvalue weighted by atomic mass is 10.1. The molecule has 3 rings (SSSR count). The van der Waals surface area contributed by atoms with Gasteiger partial charge in [0.2, 0.25) is 0 Å². The lowest BCUT2D eigenvalue weighted by molar-refractivity contribution is -0.139. The number of carbonyl (C=O) groups excluding carboxylic acids is 2. The largest absolute Gasteiger partial charge is 0.468 e. The van der Waals surface area contributed by atoms with Crippen molar-refractivity contribution < 1.29 is 18.4 Å². The Balaban J connectivity index is 1.58. The summed E-state index contributed by atoms with van der Waals surface area (Å²) in [6.45, 7) is 5.44. The van der Waals surface area contributed by atoms with Crippen LogP contribution in [0.3, 0.4) is 0 Å². The van der Waals surface area contributed by atoms with Gasteiger partial charge in [-0.3, -0.25) is 14.5 Å². The summed E-state index contributed by atoms with van der Waals surface area (Å²) in [6, 6.07) is 10.2. The Kier molecular flexibility index (Phi) is 7.84. The van der Waals surface area contributed by atoms with Gasteiger partial charge in [0, 0.05) is 39.3 Å². The highest BCUT2D eigenvalue weighted by Gasteiger charge is 2.28. The van der Waals surface area contributed by atoms with E-state index in [1.54, 1.807) is 24.5 Å². The smallest absolute Gasteiger partial charge is 0.309 e. The van der Waals surface area contributed by atoms with Crippen molar-refractivity contribution in [3.05, 3.63) is 54.2 Å². The zero-order chi connectivity index (χ0) is 21.3. The molecule has 7 nitrogen and oxygen atoms in total. The van der Waals surface area contributed by atoms with Crippen LogP contribution in [0, 0.1) is 5.82 Å². The molecule has 1 fully saturated rings. The maximum absolute atomic E-state index is 14.1. The second-order valence-corrected chi connectivity index (χ2v) is 7.33. The molecule has 162 valence electrons. The molecule has 1 aliphatic rings. The zero-order valence-electron chi connectivity index (χ0n) is 17.3. The molecule has 2 amide bonds. The Bertz CT molecular complexity index is 820. The summed E-state index contributed by atoms with van der Waals surface area (Å²) in [5.41, 5.74) is 0.601. The highest BCUT2D eigenvalue weighted by molar-refractivity contribution is 6.35. The summed E-state index contributed by atoms with van der Waals surface area (Å²) in [6.07, 6.45) is 3.37. The second kappa shape index (κ2) is 10.8. The molecule has 0 bridgehead atoms. The molecule has 2 aromatic rings. The van der Waals surface area contributed by atoms with Crippen molar-refractivity contribution in [2.45, 2.75) is 25.8 Å². The predicted octanol–water partition coefficient (Wildman–Crippen LogP) is 2.31. The van der Waals surface area contributed by atoms with Crippen molar-refractivity contribution in [1.82, 2.24) is 15.5 Å². The lowest BCUT2D eigenvalue weighted by Gasteiger charge is -2.39. The monoisotopic (exact) mass is 416 g/mol. The van der Waals surface area contributed by atoms with Gasteiger partial charge in [0.1, 0.15) is 11.6 Å². The summed E-state index contributed by atoms with van der Waals surface area (Å²) >= 11 is 0. The number of para-hydroxylation sites is 1. The van der Waals surface area contributed by atoms with Gasteiger partial charge in [0.15, 0.2) is 0 Å². The molecule has 2 N–H and O–H groups in total. The molecule has 0 radical (unpaired) electrons. The van der Waals surface area contributed by atoms with Gasteiger partial charge in [-0.2, -0.15) is 0 Å². The van der Waals surface area contributed by atoms with E-state index in [-0.39, 0.29) is 18.4 Å². The first kappa shape index (κ1) is 21.8. The minimum absolute atomic E-state index is 0.199. The average Bonchev–Trinajstić information content (AvgIpc) is 3.29. The predicted molar refractivity (Wildman–Crippen MR) is 113 cm³/mol. The number of nitrogens with one attached hydrogen (secondary N) is 2. The molecule has 0 aliphatic carbocycles. The fourth-order valence-corrected chi connectivity index (χ4v) is 3.60. The van der Waals surface area contributed by atoms with Gasteiger partial charge in [-0.15, -0.1) is 0 Å². The fraction of sp³-hybridized carbons (Fsp3) is 0.455. The van der Waals surface area contributed by atoms with Crippen molar-refractivity contribution in [2.24, 2.45) is 0 Å². The van der Waals surface area contributed by atoms with Crippen molar-refractivity contribution >= 4 is 17.5 Å². The number of furan rings is 1. The number of nitrogens with zero attached hydrogens (tertiary/aromatic N) is 2. The summed E-state index contributed by atoms with van der Waals surface area (Å²) in [4.78, 5) is 28.3. The van der Waals surface area contributed by atoms with Crippen molar-refractivity contribution in [3.63, 3.8) is 0 Å². The van der Waals surface area contributed by atoms with Crippen molar-refractivity contribution in [3.8, 4) is 0 Å². The molecule has 0 spiro atoms. The van der Waals surface area contributed by atoms with Gasteiger partial charge < -0.3 is 20.0 Å². The first-order valence-electron chi connectivity index (χ1n) is 10.4. The average molecular weight is 416 g/mol. The Hall–Kier alpha value is -2.87. The maximum atomic E-state index is 14.1.